The van der Waals surface area contributed by atoms with Gasteiger partial charge in [-0.2, -0.15) is 11.8 Å². The number of rotatable bonds is 7. The number of aryl methyl sites for hydroxylation is 1. The van der Waals surface area contributed by atoms with Crippen LogP contribution in [0.15, 0.2) is 15.9 Å². The third kappa shape index (κ3) is 3.95. The Hall–Kier alpha value is -0.560. The van der Waals surface area contributed by atoms with Gasteiger partial charge in [-0.3, -0.25) is 0 Å². The Bertz CT molecular complexity index is 591. The van der Waals surface area contributed by atoms with Crippen LogP contribution in [0.4, 0.5) is 5.88 Å². The van der Waals surface area contributed by atoms with Crippen molar-refractivity contribution in [3.63, 3.8) is 0 Å². The van der Waals surface area contributed by atoms with Crippen LogP contribution in [0, 0.1) is 11.4 Å². The van der Waals surface area contributed by atoms with E-state index in [2.05, 4.69) is 10.7 Å². The molecule has 0 aliphatic carbocycles. The fraction of sp³-hybridized carbons (Fsp3) is 0.462. The molecule has 2 rings (SSSR count). The third-order valence-electron chi connectivity index (χ3n) is 2.59. The van der Waals surface area contributed by atoms with Crippen LogP contribution in [-0.2, 0) is 4.74 Å². The molecule has 0 radical (unpaired) electrons. The second kappa shape index (κ2) is 7.28. The van der Waals surface area contributed by atoms with Crippen molar-refractivity contribution in [2.75, 3.05) is 37.1 Å². The Labute approximate surface area is 126 Å². The van der Waals surface area contributed by atoms with E-state index in [0.29, 0.717) is 0 Å². The lowest BCUT2D eigenvalue weighted by Gasteiger charge is -2.06. The summed E-state index contributed by atoms with van der Waals surface area (Å²) >= 11 is 8.88. The molecule has 19 heavy (non-hydrogen) atoms. The highest BCUT2D eigenvalue weighted by molar-refractivity contribution is 7.99. The summed E-state index contributed by atoms with van der Waals surface area (Å²) in [6.07, 6.45) is 0. The Morgan fingerprint density at radius 3 is 3.11 bits per heavy atom. The van der Waals surface area contributed by atoms with Crippen LogP contribution in [0.25, 0.3) is 10.3 Å². The molecule has 0 aliphatic rings. The van der Waals surface area contributed by atoms with Crippen molar-refractivity contribution >= 4 is 51.5 Å². The molecule has 0 aromatic carbocycles. The van der Waals surface area contributed by atoms with Gasteiger partial charge in [-0.15, -0.1) is 11.3 Å². The van der Waals surface area contributed by atoms with E-state index < -0.39 is 0 Å². The number of thiophene rings is 1. The molecule has 0 atom stereocenters. The summed E-state index contributed by atoms with van der Waals surface area (Å²) in [5, 5.41) is 5.36. The predicted octanol–water partition coefficient (Wildman–Crippen LogP) is 4.32. The van der Waals surface area contributed by atoms with Gasteiger partial charge in [-0.1, -0.05) is 12.2 Å². The molecule has 3 nitrogen and oxygen atoms in total. The Morgan fingerprint density at radius 1 is 1.47 bits per heavy atom. The highest BCUT2D eigenvalue weighted by atomic mass is 32.2. The summed E-state index contributed by atoms with van der Waals surface area (Å²) < 4.78 is 12.8. The first kappa shape index (κ1) is 14.8. The molecule has 0 unspecified atom stereocenters. The SMILES string of the molecule is COCCSCCNc1cc(=S)c2scc(C)c2o1. The highest BCUT2D eigenvalue weighted by Gasteiger charge is 2.06. The lowest BCUT2D eigenvalue weighted by Crippen LogP contribution is -2.05. The van der Waals surface area contributed by atoms with Crippen LogP contribution in [0.5, 0.6) is 0 Å². The summed E-state index contributed by atoms with van der Waals surface area (Å²) in [6.45, 7) is 3.70. The molecule has 6 heteroatoms. The zero-order chi connectivity index (χ0) is 13.7. The fourth-order valence-corrected chi connectivity index (χ4v) is 3.60. The van der Waals surface area contributed by atoms with E-state index >= 15 is 0 Å². The third-order valence-corrected chi connectivity index (χ3v) is 5.11. The molecule has 0 saturated carbocycles. The minimum Gasteiger partial charge on any atom is -0.440 e. The molecule has 0 spiro atoms. The Kier molecular flexibility index (Phi) is 5.69. The normalized spacial score (nSPS) is 11.1. The second-order valence-electron chi connectivity index (χ2n) is 4.08. The monoisotopic (exact) mass is 315 g/mol. The van der Waals surface area contributed by atoms with Gasteiger partial charge >= 0.3 is 0 Å². The molecule has 0 fully saturated rings. The van der Waals surface area contributed by atoms with Gasteiger partial charge in [0.1, 0.15) is 0 Å². The van der Waals surface area contributed by atoms with Crippen LogP contribution in [-0.4, -0.2) is 31.8 Å². The van der Waals surface area contributed by atoms with E-state index in [1.807, 2.05) is 24.8 Å². The van der Waals surface area contributed by atoms with Gasteiger partial charge in [-0.05, 0) is 12.3 Å². The van der Waals surface area contributed by atoms with Crippen LogP contribution >= 0.6 is 35.3 Å². The van der Waals surface area contributed by atoms with Crippen LogP contribution < -0.4 is 5.32 Å². The first-order valence-corrected chi connectivity index (χ1v) is 8.49. The smallest absolute Gasteiger partial charge is 0.195 e. The van der Waals surface area contributed by atoms with Crippen molar-refractivity contribution in [1.29, 1.82) is 0 Å². The maximum absolute atomic E-state index is 5.84. The van der Waals surface area contributed by atoms with E-state index in [-0.39, 0.29) is 0 Å². The van der Waals surface area contributed by atoms with Gasteiger partial charge in [0.2, 0.25) is 0 Å². The molecule has 0 saturated heterocycles. The van der Waals surface area contributed by atoms with Crippen LogP contribution in [0.3, 0.4) is 0 Å². The van der Waals surface area contributed by atoms with E-state index in [9.17, 15) is 0 Å². The van der Waals surface area contributed by atoms with E-state index in [0.717, 1.165) is 50.9 Å². The van der Waals surface area contributed by atoms with Gasteiger partial charge in [-0.25, -0.2) is 0 Å². The quantitative estimate of drug-likeness (QED) is 0.608. The molecular formula is C13H17NO2S3. The predicted molar refractivity (Wildman–Crippen MR) is 87.4 cm³/mol. The Balaban J connectivity index is 1.94. The first-order chi connectivity index (χ1) is 9.22. The number of methoxy groups -OCH3 is 1. The zero-order valence-corrected chi connectivity index (χ0v) is 13.5. The zero-order valence-electron chi connectivity index (χ0n) is 11.0. The van der Waals surface area contributed by atoms with Crippen molar-refractivity contribution in [1.82, 2.24) is 0 Å². The number of nitrogens with one attached hydrogen (secondary N) is 1. The van der Waals surface area contributed by atoms with Crippen molar-refractivity contribution in [3.05, 3.63) is 21.5 Å². The average molecular weight is 315 g/mol. The number of anilines is 1. The van der Waals surface area contributed by atoms with Gasteiger partial charge in [0.05, 0.1) is 15.8 Å². The Morgan fingerprint density at radius 2 is 2.32 bits per heavy atom. The highest BCUT2D eigenvalue weighted by Crippen LogP contribution is 2.29. The maximum atomic E-state index is 5.84. The molecule has 0 amide bonds. The minimum atomic E-state index is 0.756. The average Bonchev–Trinajstić information content (AvgIpc) is 2.76. The molecule has 2 aromatic heterocycles. The van der Waals surface area contributed by atoms with Crippen LogP contribution in [0.1, 0.15) is 5.56 Å². The fourth-order valence-electron chi connectivity index (χ4n) is 1.63. The largest absolute Gasteiger partial charge is 0.440 e. The number of thioether (sulfide) groups is 1. The first-order valence-electron chi connectivity index (χ1n) is 6.05. The summed E-state index contributed by atoms with van der Waals surface area (Å²) in [7, 11) is 1.72. The van der Waals surface area contributed by atoms with E-state index in [4.69, 9.17) is 21.4 Å². The van der Waals surface area contributed by atoms with Gasteiger partial charge in [0.25, 0.3) is 0 Å². The number of ether oxygens (including phenoxy) is 1. The van der Waals surface area contributed by atoms with Crippen LogP contribution in [0.2, 0.25) is 0 Å². The van der Waals surface area contributed by atoms with E-state index in [1.54, 1.807) is 18.4 Å². The summed E-state index contributed by atoms with van der Waals surface area (Å²) in [4.78, 5) is 0. The van der Waals surface area contributed by atoms with Crippen molar-refractivity contribution in [3.8, 4) is 0 Å². The van der Waals surface area contributed by atoms with Gasteiger partial charge < -0.3 is 14.5 Å². The standard InChI is InChI=1S/C13H17NO2S3/c1-9-8-19-13-10(17)7-11(16-12(9)13)14-3-5-18-6-4-15-2/h7-8,14H,3-6H2,1-2H3. The topological polar surface area (TPSA) is 34.4 Å². The summed E-state index contributed by atoms with van der Waals surface area (Å²) in [6, 6.07) is 1.90. The molecule has 0 aliphatic heterocycles. The second-order valence-corrected chi connectivity index (χ2v) is 6.63. The molecule has 104 valence electrons. The summed E-state index contributed by atoms with van der Waals surface area (Å²) in [5.41, 5.74) is 2.05. The van der Waals surface area contributed by atoms with Gasteiger partial charge in [0, 0.05) is 36.8 Å². The molecule has 2 aromatic rings. The minimum absolute atomic E-state index is 0.756. The molecule has 0 bridgehead atoms. The number of fused-ring (bicyclic) bond motifs is 1. The molecule has 1 N–H and O–H groups in total. The molecular weight excluding hydrogens is 298 g/mol. The lowest BCUT2D eigenvalue weighted by molar-refractivity contribution is 0.218. The van der Waals surface area contributed by atoms with Crippen molar-refractivity contribution < 1.29 is 9.15 Å². The lowest BCUT2D eigenvalue weighted by atomic mass is 10.3. The van der Waals surface area contributed by atoms with Crippen molar-refractivity contribution in [2.24, 2.45) is 0 Å². The molecule has 2 heterocycles. The maximum Gasteiger partial charge on any atom is 0.195 e. The van der Waals surface area contributed by atoms with Crippen molar-refractivity contribution in [2.45, 2.75) is 6.92 Å². The number of hydrogen-bond donors (Lipinski definition) is 1. The van der Waals surface area contributed by atoms with E-state index in [1.165, 1.54) is 0 Å². The number of hydrogen-bond acceptors (Lipinski definition) is 6. The van der Waals surface area contributed by atoms with Gasteiger partial charge in [0.15, 0.2) is 11.5 Å². The summed E-state index contributed by atoms with van der Waals surface area (Å²) in [5.74, 6) is 2.79.